The number of ether oxygens (including phenoxy) is 2. The van der Waals surface area contributed by atoms with Crippen LogP contribution in [0.4, 0.5) is 4.39 Å². The van der Waals surface area contributed by atoms with Gasteiger partial charge in [-0.3, -0.25) is 0 Å². The molecule has 2 aromatic rings. The normalized spacial score (nSPS) is 12.0. The van der Waals surface area contributed by atoms with Crippen LogP contribution < -0.4 is 15.2 Å². The van der Waals surface area contributed by atoms with E-state index < -0.39 is 6.04 Å². The van der Waals surface area contributed by atoms with Crippen molar-refractivity contribution < 1.29 is 13.9 Å². The van der Waals surface area contributed by atoms with Crippen LogP contribution in [0.25, 0.3) is 0 Å². The second kappa shape index (κ2) is 5.71. The van der Waals surface area contributed by atoms with Crippen molar-refractivity contribution in [3.05, 3.63) is 59.4 Å². The van der Waals surface area contributed by atoms with Gasteiger partial charge in [-0.05, 0) is 18.2 Å². The summed E-state index contributed by atoms with van der Waals surface area (Å²) in [4.78, 5) is 0. The van der Waals surface area contributed by atoms with Crippen LogP contribution in [0.2, 0.25) is 0 Å². The highest BCUT2D eigenvalue weighted by Gasteiger charge is 2.17. The fourth-order valence-corrected chi connectivity index (χ4v) is 1.97. The first-order chi connectivity index (χ1) is 9.17. The Kier molecular flexibility index (Phi) is 4.02. The van der Waals surface area contributed by atoms with Crippen LogP contribution in [0.1, 0.15) is 17.2 Å². The minimum atomic E-state index is -0.581. The lowest BCUT2D eigenvalue weighted by Gasteiger charge is -2.17. The Labute approximate surface area is 111 Å². The van der Waals surface area contributed by atoms with E-state index in [0.717, 1.165) is 0 Å². The molecule has 1 atom stereocenters. The van der Waals surface area contributed by atoms with Gasteiger partial charge in [-0.2, -0.15) is 0 Å². The van der Waals surface area contributed by atoms with Gasteiger partial charge in [0.05, 0.1) is 20.3 Å². The van der Waals surface area contributed by atoms with Gasteiger partial charge < -0.3 is 15.2 Å². The molecule has 1 unspecified atom stereocenters. The van der Waals surface area contributed by atoms with Crippen molar-refractivity contribution in [2.24, 2.45) is 5.73 Å². The van der Waals surface area contributed by atoms with Gasteiger partial charge in [0.15, 0.2) is 0 Å². The molecule has 0 aliphatic heterocycles. The van der Waals surface area contributed by atoms with Gasteiger partial charge in [-0.25, -0.2) is 4.39 Å². The summed E-state index contributed by atoms with van der Waals surface area (Å²) in [5.41, 5.74) is 7.28. The molecule has 0 amide bonds. The molecule has 0 bridgehead atoms. The van der Waals surface area contributed by atoms with E-state index in [-0.39, 0.29) is 5.82 Å². The van der Waals surface area contributed by atoms with Crippen molar-refractivity contribution in [1.82, 2.24) is 0 Å². The molecule has 2 aromatic carbocycles. The summed E-state index contributed by atoms with van der Waals surface area (Å²) in [6.07, 6.45) is 0. The molecule has 0 aliphatic carbocycles. The molecule has 0 saturated carbocycles. The fourth-order valence-electron chi connectivity index (χ4n) is 1.97. The lowest BCUT2D eigenvalue weighted by Crippen LogP contribution is -2.14. The van der Waals surface area contributed by atoms with Gasteiger partial charge in [0.25, 0.3) is 0 Å². The number of nitrogens with two attached hydrogens (primary N) is 1. The zero-order valence-electron chi connectivity index (χ0n) is 10.9. The summed E-state index contributed by atoms with van der Waals surface area (Å²) in [6, 6.07) is 11.2. The van der Waals surface area contributed by atoms with E-state index in [1.54, 1.807) is 50.6 Å². The molecule has 0 fully saturated rings. The van der Waals surface area contributed by atoms with Crippen molar-refractivity contribution in [3.63, 3.8) is 0 Å². The third kappa shape index (κ3) is 2.69. The molecule has 3 nitrogen and oxygen atoms in total. The minimum absolute atomic E-state index is 0.326. The van der Waals surface area contributed by atoms with Crippen LogP contribution in [-0.4, -0.2) is 14.2 Å². The predicted molar refractivity (Wildman–Crippen MR) is 72.0 cm³/mol. The molecule has 19 heavy (non-hydrogen) atoms. The Morgan fingerprint density at radius 3 is 2.37 bits per heavy atom. The zero-order valence-corrected chi connectivity index (χ0v) is 10.9. The third-order valence-corrected chi connectivity index (χ3v) is 3.02. The highest BCUT2D eigenvalue weighted by Crippen LogP contribution is 2.32. The number of methoxy groups -OCH3 is 2. The number of rotatable bonds is 4. The van der Waals surface area contributed by atoms with Crippen LogP contribution >= 0.6 is 0 Å². The van der Waals surface area contributed by atoms with Crippen LogP contribution in [0.3, 0.4) is 0 Å². The zero-order chi connectivity index (χ0) is 13.8. The van der Waals surface area contributed by atoms with Crippen molar-refractivity contribution in [2.45, 2.75) is 6.04 Å². The molecular weight excluding hydrogens is 245 g/mol. The van der Waals surface area contributed by atoms with E-state index in [1.165, 1.54) is 6.07 Å². The summed E-state index contributed by atoms with van der Waals surface area (Å²) in [5.74, 6) is 0.921. The molecule has 4 heteroatoms. The van der Waals surface area contributed by atoms with Crippen LogP contribution in [0, 0.1) is 5.82 Å². The van der Waals surface area contributed by atoms with E-state index in [2.05, 4.69) is 0 Å². The average molecular weight is 261 g/mol. The molecule has 0 aromatic heterocycles. The fraction of sp³-hybridized carbons (Fsp3) is 0.200. The molecule has 100 valence electrons. The SMILES string of the molecule is COc1ccc(C(N)c2ccccc2F)c(OC)c1. The molecule has 2 rings (SSSR count). The average Bonchev–Trinajstić information content (AvgIpc) is 2.46. The second-order valence-electron chi connectivity index (χ2n) is 4.11. The molecule has 0 spiro atoms. The van der Waals surface area contributed by atoms with Gasteiger partial charge in [0.2, 0.25) is 0 Å². The summed E-state index contributed by atoms with van der Waals surface area (Å²) < 4.78 is 24.2. The smallest absolute Gasteiger partial charge is 0.128 e. The maximum Gasteiger partial charge on any atom is 0.128 e. The van der Waals surface area contributed by atoms with Gasteiger partial charge in [-0.1, -0.05) is 18.2 Å². The largest absolute Gasteiger partial charge is 0.497 e. The Balaban J connectivity index is 2.44. The maximum absolute atomic E-state index is 13.8. The lowest BCUT2D eigenvalue weighted by molar-refractivity contribution is 0.389. The quantitative estimate of drug-likeness (QED) is 0.920. The van der Waals surface area contributed by atoms with E-state index in [0.29, 0.717) is 22.6 Å². The van der Waals surface area contributed by atoms with E-state index >= 15 is 0 Å². The predicted octanol–water partition coefficient (Wildman–Crippen LogP) is 2.89. The number of hydrogen-bond donors (Lipinski definition) is 1. The highest BCUT2D eigenvalue weighted by molar-refractivity contribution is 5.46. The third-order valence-electron chi connectivity index (χ3n) is 3.02. The Morgan fingerprint density at radius 2 is 1.74 bits per heavy atom. The van der Waals surface area contributed by atoms with Gasteiger partial charge in [0.1, 0.15) is 17.3 Å². The van der Waals surface area contributed by atoms with Crippen molar-refractivity contribution in [3.8, 4) is 11.5 Å². The van der Waals surface area contributed by atoms with Crippen molar-refractivity contribution >= 4 is 0 Å². The van der Waals surface area contributed by atoms with Crippen LogP contribution in [0.5, 0.6) is 11.5 Å². The first-order valence-corrected chi connectivity index (χ1v) is 5.89. The molecular formula is C15H16FNO2. The topological polar surface area (TPSA) is 44.5 Å². The van der Waals surface area contributed by atoms with E-state index in [1.807, 2.05) is 0 Å². The van der Waals surface area contributed by atoms with Gasteiger partial charge in [0, 0.05) is 17.2 Å². The van der Waals surface area contributed by atoms with Gasteiger partial charge >= 0.3 is 0 Å². The Hall–Kier alpha value is -2.07. The highest BCUT2D eigenvalue weighted by atomic mass is 19.1. The summed E-state index contributed by atoms with van der Waals surface area (Å²) in [7, 11) is 3.12. The number of hydrogen-bond acceptors (Lipinski definition) is 3. The van der Waals surface area contributed by atoms with E-state index in [4.69, 9.17) is 15.2 Å². The minimum Gasteiger partial charge on any atom is -0.497 e. The Morgan fingerprint density at radius 1 is 1.00 bits per heavy atom. The second-order valence-corrected chi connectivity index (χ2v) is 4.11. The summed E-state index contributed by atoms with van der Waals surface area (Å²) >= 11 is 0. The monoisotopic (exact) mass is 261 g/mol. The van der Waals surface area contributed by atoms with Crippen LogP contribution in [0.15, 0.2) is 42.5 Å². The standard InChI is InChI=1S/C15H16FNO2/c1-18-10-7-8-12(14(9-10)19-2)15(17)11-5-3-4-6-13(11)16/h3-9,15H,17H2,1-2H3. The van der Waals surface area contributed by atoms with Crippen molar-refractivity contribution in [2.75, 3.05) is 14.2 Å². The van der Waals surface area contributed by atoms with Crippen molar-refractivity contribution in [1.29, 1.82) is 0 Å². The van der Waals surface area contributed by atoms with E-state index in [9.17, 15) is 4.39 Å². The molecule has 0 aliphatic rings. The molecule has 0 heterocycles. The molecule has 2 N–H and O–H groups in total. The molecule has 0 radical (unpaired) electrons. The maximum atomic E-state index is 13.8. The van der Waals surface area contributed by atoms with Crippen LogP contribution in [-0.2, 0) is 0 Å². The lowest BCUT2D eigenvalue weighted by atomic mass is 9.98. The first-order valence-electron chi connectivity index (χ1n) is 5.89. The molecule has 0 saturated heterocycles. The number of benzene rings is 2. The first kappa shape index (κ1) is 13.4. The Bertz CT molecular complexity index is 572. The number of halogens is 1. The summed E-state index contributed by atoms with van der Waals surface area (Å²) in [6.45, 7) is 0. The summed E-state index contributed by atoms with van der Waals surface area (Å²) in [5, 5.41) is 0. The van der Waals surface area contributed by atoms with Gasteiger partial charge in [-0.15, -0.1) is 0 Å².